The highest BCUT2D eigenvalue weighted by molar-refractivity contribution is 9.10. The normalized spacial score (nSPS) is 10.8. The lowest BCUT2D eigenvalue weighted by Gasteiger charge is -2.07. The first-order chi connectivity index (χ1) is 13.5. The molecule has 3 aromatic rings. The quantitative estimate of drug-likeness (QED) is 0.461. The lowest BCUT2D eigenvalue weighted by molar-refractivity contribution is -0.111. The number of hydrogen-bond acceptors (Lipinski definition) is 2. The summed E-state index contributed by atoms with van der Waals surface area (Å²) in [5, 5.41) is 2.89. The average molecular weight is 436 g/mol. The van der Waals surface area contributed by atoms with E-state index < -0.39 is 0 Å². The van der Waals surface area contributed by atoms with Gasteiger partial charge in [0.1, 0.15) is 12.4 Å². The van der Waals surface area contributed by atoms with Crippen LogP contribution in [0.15, 0.2) is 77.3 Å². The van der Waals surface area contributed by atoms with Crippen molar-refractivity contribution in [2.24, 2.45) is 0 Å². The van der Waals surface area contributed by atoms with Gasteiger partial charge >= 0.3 is 0 Å². The lowest BCUT2D eigenvalue weighted by atomic mass is 10.1. The van der Waals surface area contributed by atoms with Gasteiger partial charge in [0.05, 0.1) is 0 Å². The van der Waals surface area contributed by atoms with Crippen LogP contribution in [0.25, 0.3) is 6.08 Å². The third-order valence-corrected chi connectivity index (χ3v) is 4.77. The van der Waals surface area contributed by atoms with Crippen LogP contribution in [0.1, 0.15) is 22.3 Å². The van der Waals surface area contributed by atoms with Gasteiger partial charge in [-0.2, -0.15) is 0 Å². The fraction of sp³-hybridized carbons (Fsp3) is 0.125. The van der Waals surface area contributed by atoms with E-state index in [2.05, 4.69) is 52.4 Å². The summed E-state index contributed by atoms with van der Waals surface area (Å²) in [5.74, 6) is 0.637. The molecule has 0 saturated heterocycles. The molecule has 3 aromatic carbocycles. The molecule has 0 saturated carbocycles. The molecule has 0 aromatic heterocycles. The van der Waals surface area contributed by atoms with E-state index in [0.29, 0.717) is 6.61 Å². The summed E-state index contributed by atoms with van der Waals surface area (Å²) in [5.41, 5.74) is 5.11. The van der Waals surface area contributed by atoms with Crippen LogP contribution in [0.2, 0.25) is 0 Å². The minimum absolute atomic E-state index is 0.162. The SMILES string of the molecule is Cc1ccc(COc2ccc(/C=C/C(=O)Nc3ccc(Br)cc3C)cc2)cc1. The topological polar surface area (TPSA) is 38.3 Å². The summed E-state index contributed by atoms with van der Waals surface area (Å²) in [4.78, 5) is 12.1. The summed E-state index contributed by atoms with van der Waals surface area (Å²) in [7, 11) is 0. The zero-order chi connectivity index (χ0) is 19.9. The van der Waals surface area contributed by atoms with Crippen LogP contribution in [-0.2, 0) is 11.4 Å². The van der Waals surface area contributed by atoms with E-state index in [1.807, 2.05) is 49.4 Å². The second-order valence-electron chi connectivity index (χ2n) is 6.63. The molecule has 3 nitrogen and oxygen atoms in total. The van der Waals surface area contributed by atoms with E-state index in [1.165, 1.54) is 11.6 Å². The molecule has 3 rings (SSSR count). The summed E-state index contributed by atoms with van der Waals surface area (Å²) in [6.45, 7) is 4.56. The van der Waals surface area contributed by atoms with Crippen molar-refractivity contribution >= 4 is 33.6 Å². The highest BCUT2D eigenvalue weighted by atomic mass is 79.9. The van der Waals surface area contributed by atoms with Gasteiger partial charge in [-0.05, 0) is 66.9 Å². The smallest absolute Gasteiger partial charge is 0.248 e. The van der Waals surface area contributed by atoms with Crippen molar-refractivity contribution in [1.29, 1.82) is 0 Å². The number of carbonyl (C=O) groups is 1. The van der Waals surface area contributed by atoms with Gasteiger partial charge in [0.15, 0.2) is 0 Å². The minimum atomic E-state index is -0.162. The Hall–Kier alpha value is -2.85. The summed E-state index contributed by atoms with van der Waals surface area (Å²) in [6.07, 6.45) is 3.32. The van der Waals surface area contributed by atoms with Crippen LogP contribution in [0.5, 0.6) is 5.75 Å². The number of aryl methyl sites for hydroxylation is 2. The van der Waals surface area contributed by atoms with Crippen molar-refractivity contribution in [3.05, 3.63) is 99.5 Å². The third kappa shape index (κ3) is 5.83. The van der Waals surface area contributed by atoms with Crippen LogP contribution >= 0.6 is 15.9 Å². The summed E-state index contributed by atoms with van der Waals surface area (Å²) >= 11 is 3.42. The van der Waals surface area contributed by atoms with E-state index in [1.54, 1.807) is 6.08 Å². The van der Waals surface area contributed by atoms with Gasteiger partial charge in [0.25, 0.3) is 0 Å². The molecule has 0 unspecified atom stereocenters. The highest BCUT2D eigenvalue weighted by Gasteiger charge is 2.02. The second-order valence-corrected chi connectivity index (χ2v) is 7.54. The van der Waals surface area contributed by atoms with E-state index in [0.717, 1.165) is 32.6 Å². The standard InChI is InChI=1S/C24H22BrNO2/c1-17-3-5-20(6-4-17)16-28-22-11-7-19(8-12-22)9-14-24(27)26-23-13-10-21(25)15-18(23)2/h3-15H,16H2,1-2H3,(H,26,27)/b14-9+. The number of rotatable bonds is 6. The Kier molecular flexibility index (Phi) is 6.66. The predicted molar refractivity (Wildman–Crippen MR) is 118 cm³/mol. The largest absolute Gasteiger partial charge is 0.489 e. The zero-order valence-electron chi connectivity index (χ0n) is 15.9. The van der Waals surface area contributed by atoms with Crippen LogP contribution in [0, 0.1) is 13.8 Å². The Morgan fingerprint density at radius 3 is 2.39 bits per heavy atom. The summed E-state index contributed by atoms with van der Waals surface area (Å²) < 4.78 is 6.80. The molecule has 0 aliphatic rings. The Morgan fingerprint density at radius 2 is 1.71 bits per heavy atom. The van der Waals surface area contributed by atoms with Gasteiger partial charge in [-0.3, -0.25) is 4.79 Å². The number of nitrogens with one attached hydrogen (secondary N) is 1. The molecule has 0 radical (unpaired) electrons. The van der Waals surface area contributed by atoms with Crippen molar-refractivity contribution < 1.29 is 9.53 Å². The molecule has 0 bridgehead atoms. The molecule has 0 spiro atoms. The first-order valence-electron chi connectivity index (χ1n) is 9.03. The molecule has 0 heterocycles. The van der Waals surface area contributed by atoms with Crippen LogP contribution in [-0.4, -0.2) is 5.91 Å². The maximum absolute atomic E-state index is 12.1. The maximum Gasteiger partial charge on any atom is 0.248 e. The van der Waals surface area contributed by atoms with E-state index >= 15 is 0 Å². The Morgan fingerprint density at radius 1 is 1.00 bits per heavy atom. The molecule has 28 heavy (non-hydrogen) atoms. The number of halogens is 1. The molecular weight excluding hydrogens is 414 g/mol. The van der Waals surface area contributed by atoms with E-state index in [9.17, 15) is 4.79 Å². The highest BCUT2D eigenvalue weighted by Crippen LogP contribution is 2.20. The molecular formula is C24H22BrNO2. The fourth-order valence-corrected chi connectivity index (χ4v) is 3.12. The monoisotopic (exact) mass is 435 g/mol. The third-order valence-electron chi connectivity index (χ3n) is 4.28. The maximum atomic E-state index is 12.1. The fourth-order valence-electron chi connectivity index (χ4n) is 2.64. The molecule has 0 atom stereocenters. The van der Waals surface area contributed by atoms with Gasteiger partial charge in [-0.15, -0.1) is 0 Å². The molecule has 0 aliphatic carbocycles. The molecule has 142 valence electrons. The Bertz CT molecular complexity index is 976. The number of hydrogen-bond donors (Lipinski definition) is 1. The van der Waals surface area contributed by atoms with Crippen molar-refractivity contribution in [3.8, 4) is 5.75 Å². The first-order valence-corrected chi connectivity index (χ1v) is 9.82. The first kappa shape index (κ1) is 19.9. The summed E-state index contributed by atoms with van der Waals surface area (Å²) in [6, 6.07) is 21.7. The number of amides is 1. The minimum Gasteiger partial charge on any atom is -0.489 e. The molecule has 1 N–H and O–H groups in total. The van der Waals surface area contributed by atoms with Crippen molar-refractivity contribution in [3.63, 3.8) is 0 Å². The zero-order valence-corrected chi connectivity index (χ0v) is 17.5. The number of anilines is 1. The number of ether oxygens (including phenoxy) is 1. The number of carbonyl (C=O) groups excluding carboxylic acids is 1. The average Bonchev–Trinajstić information content (AvgIpc) is 2.69. The van der Waals surface area contributed by atoms with E-state index in [4.69, 9.17) is 4.74 Å². The predicted octanol–water partition coefficient (Wildman–Crippen LogP) is 6.30. The van der Waals surface area contributed by atoms with Crippen LogP contribution in [0.4, 0.5) is 5.69 Å². The van der Waals surface area contributed by atoms with Crippen molar-refractivity contribution in [1.82, 2.24) is 0 Å². The van der Waals surface area contributed by atoms with Gasteiger partial charge in [0, 0.05) is 16.2 Å². The van der Waals surface area contributed by atoms with Crippen LogP contribution in [0.3, 0.4) is 0 Å². The lowest BCUT2D eigenvalue weighted by Crippen LogP contribution is -2.08. The second kappa shape index (κ2) is 9.38. The Balaban J connectivity index is 1.54. The molecule has 0 fully saturated rings. The van der Waals surface area contributed by atoms with Gasteiger partial charge in [0.2, 0.25) is 5.91 Å². The van der Waals surface area contributed by atoms with Crippen molar-refractivity contribution in [2.45, 2.75) is 20.5 Å². The van der Waals surface area contributed by atoms with Crippen LogP contribution < -0.4 is 10.1 Å². The van der Waals surface area contributed by atoms with Gasteiger partial charge < -0.3 is 10.1 Å². The molecule has 4 heteroatoms. The Labute approximate surface area is 174 Å². The van der Waals surface area contributed by atoms with Gasteiger partial charge in [-0.1, -0.05) is 57.9 Å². The van der Waals surface area contributed by atoms with E-state index in [-0.39, 0.29) is 5.91 Å². The van der Waals surface area contributed by atoms with Gasteiger partial charge in [-0.25, -0.2) is 0 Å². The van der Waals surface area contributed by atoms with Crippen molar-refractivity contribution in [2.75, 3.05) is 5.32 Å². The molecule has 0 aliphatic heterocycles. The molecule has 1 amide bonds. The number of benzene rings is 3.